The van der Waals surface area contributed by atoms with Gasteiger partial charge in [0.25, 0.3) is 5.91 Å². The first-order chi connectivity index (χ1) is 20.2. The number of rotatable bonds is 11. The second-order valence-corrected chi connectivity index (χ2v) is 11.0. The van der Waals surface area contributed by atoms with Gasteiger partial charge in [0, 0.05) is 29.9 Å². The van der Waals surface area contributed by atoms with Crippen LogP contribution in [0.15, 0.2) is 103 Å². The minimum absolute atomic E-state index is 0.0448. The third-order valence-corrected chi connectivity index (χ3v) is 8.32. The van der Waals surface area contributed by atoms with E-state index >= 15 is 0 Å². The van der Waals surface area contributed by atoms with Gasteiger partial charge in [0.15, 0.2) is 6.61 Å². The van der Waals surface area contributed by atoms with Gasteiger partial charge in [-0.2, -0.15) is 0 Å². The Morgan fingerprint density at radius 2 is 1.80 bits per heavy atom. The summed E-state index contributed by atoms with van der Waals surface area (Å²) in [6.07, 6.45) is 11.5. The molecule has 6 rings (SSSR count). The lowest BCUT2D eigenvalue weighted by Gasteiger charge is -2.42. The number of hydrogen-bond donors (Lipinski definition) is 1. The van der Waals surface area contributed by atoms with Crippen molar-refractivity contribution in [3.8, 4) is 5.75 Å². The van der Waals surface area contributed by atoms with Crippen LogP contribution in [0.2, 0.25) is 0 Å². The summed E-state index contributed by atoms with van der Waals surface area (Å²) in [4.78, 5) is 22.3. The summed E-state index contributed by atoms with van der Waals surface area (Å²) in [5.41, 5.74) is 5.58. The SMILES string of the molecule is O=C(CO/N=C1/CCCc2cc(OC(Cn3ccnc3)c3ccccc3)ccc21)NCC1(c2ccccc2)CCC1. The Morgan fingerprint density at radius 3 is 2.54 bits per heavy atom. The molecule has 1 amide bonds. The maximum absolute atomic E-state index is 12.6. The number of aryl methyl sites for hydroxylation is 1. The van der Waals surface area contributed by atoms with E-state index in [9.17, 15) is 4.79 Å². The normalized spacial score (nSPS) is 17.2. The molecule has 0 radical (unpaired) electrons. The average molecular weight is 549 g/mol. The Hall–Kier alpha value is -4.39. The van der Waals surface area contributed by atoms with Crippen LogP contribution in [0.25, 0.3) is 0 Å². The van der Waals surface area contributed by atoms with Crippen molar-refractivity contribution in [3.05, 3.63) is 120 Å². The van der Waals surface area contributed by atoms with Crippen molar-refractivity contribution < 1.29 is 14.4 Å². The molecule has 2 aliphatic rings. The summed E-state index contributed by atoms with van der Waals surface area (Å²) < 4.78 is 8.55. The molecule has 1 aromatic heterocycles. The fourth-order valence-corrected chi connectivity index (χ4v) is 5.89. The van der Waals surface area contributed by atoms with Crippen molar-refractivity contribution in [1.82, 2.24) is 14.9 Å². The van der Waals surface area contributed by atoms with Crippen LogP contribution in [-0.2, 0) is 28.0 Å². The van der Waals surface area contributed by atoms with E-state index in [1.807, 2.05) is 47.4 Å². The molecule has 1 fully saturated rings. The molecule has 0 bridgehead atoms. The van der Waals surface area contributed by atoms with Crippen LogP contribution >= 0.6 is 0 Å². The van der Waals surface area contributed by atoms with E-state index in [4.69, 9.17) is 9.57 Å². The number of nitrogens with zero attached hydrogens (tertiary/aromatic N) is 3. The Labute approximate surface area is 241 Å². The number of ether oxygens (including phenoxy) is 1. The average Bonchev–Trinajstić information content (AvgIpc) is 3.51. The molecule has 1 atom stereocenters. The van der Waals surface area contributed by atoms with Gasteiger partial charge in [0.1, 0.15) is 11.9 Å². The van der Waals surface area contributed by atoms with E-state index in [1.54, 1.807) is 6.20 Å². The van der Waals surface area contributed by atoms with Crippen molar-refractivity contribution in [2.24, 2.45) is 5.16 Å². The molecule has 4 aromatic rings. The van der Waals surface area contributed by atoms with Crippen LogP contribution in [0.5, 0.6) is 5.75 Å². The highest BCUT2D eigenvalue weighted by atomic mass is 16.6. The highest BCUT2D eigenvalue weighted by Gasteiger charge is 2.38. The molecule has 7 nitrogen and oxygen atoms in total. The quantitative estimate of drug-likeness (QED) is 0.233. The first-order valence-corrected chi connectivity index (χ1v) is 14.5. The van der Waals surface area contributed by atoms with E-state index in [0.29, 0.717) is 13.1 Å². The molecule has 41 heavy (non-hydrogen) atoms. The predicted octanol–water partition coefficient (Wildman–Crippen LogP) is 6.00. The summed E-state index contributed by atoms with van der Waals surface area (Å²) >= 11 is 0. The molecule has 1 unspecified atom stereocenters. The molecule has 0 spiro atoms. The maximum atomic E-state index is 12.6. The fourth-order valence-electron chi connectivity index (χ4n) is 5.89. The molecule has 3 aromatic carbocycles. The number of imidazole rings is 1. The van der Waals surface area contributed by atoms with Gasteiger partial charge in [-0.15, -0.1) is 0 Å². The van der Waals surface area contributed by atoms with E-state index in [1.165, 1.54) is 17.5 Å². The van der Waals surface area contributed by atoms with Gasteiger partial charge >= 0.3 is 0 Å². The zero-order valence-electron chi connectivity index (χ0n) is 23.2. The molecule has 1 N–H and O–H groups in total. The smallest absolute Gasteiger partial charge is 0.260 e. The zero-order chi connectivity index (χ0) is 27.9. The van der Waals surface area contributed by atoms with Gasteiger partial charge in [0.05, 0.1) is 18.6 Å². The van der Waals surface area contributed by atoms with E-state index in [2.05, 4.69) is 64.0 Å². The highest BCUT2D eigenvalue weighted by molar-refractivity contribution is 6.02. The third-order valence-electron chi connectivity index (χ3n) is 8.32. The Balaban J connectivity index is 1.07. The second kappa shape index (κ2) is 12.4. The lowest BCUT2D eigenvalue weighted by Crippen LogP contribution is -2.46. The number of carbonyl (C=O) groups is 1. The summed E-state index contributed by atoms with van der Waals surface area (Å²) in [5, 5.41) is 7.47. The van der Waals surface area contributed by atoms with Crippen LogP contribution in [0, 0.1) is 0 Å². The van der Waals surface area contributed by atoms with Crippen molar-refractivity contribution in [3.63, 3.8) is 0 Å². The van der Waals surface area contributed by atoms with Gasteiger partial charge in [-0.05, 0) is 67.0 Å². The van der Waals surface area contributed by atoms with Crippen molar-refractivity contribution >= 4 is 11.6 Å². The molecule has 210 valence electrons. The Bertz CT molecular complexity index is 1460. The number of oxime groups is 1. The number of aromatic nitrogens is 2. The van der Waals surface area contributed by atoms with Gasteiger partial charge in [0.2, 0.25) is 0 Å². The van der Waals surface area contributed by atoms with Crippen LogP contribution in [0.4, 0.5) is 0 Å². The standard InChI is InChI=1S/C34H36N4O3/c39-33(36-24-34(17-8-18-34)28-12-5-2-6-13-28)23-40-37-31-14-7-11-27-21-29(15-16-30(27)31)41-32(22-38-20-19-35-25-38)26-9-3-1-4-10-26/h1-6,9-10,12-13,15-16,19-21,25,32H,7-8,11,14,17-18,22-24H2,(H,36,39)/b37-31-. The molecule has 2 aliphatic carbocycles. The van der Waals surface area contributed by atoms with Crippen molar-refractivity contribution in [1.29, 1.82) is 0 Å². The first-order valence-electron chi connectivity index (χ1n) is 14.5. The molecule has 0 aliphatic heterocycles. The van der Waals surface area contributed by atoms with Gasteiger partial charge in [-0.1, -0.05) is 72.2 Å². The molecular formula is C34H36N4O3. The molecule has 0 saturated heterocycles. The maximum Gasteiger partial charge on any atom is 0.260 e. The van der Waals surface area contributed by atoms with E-state index in [0.717, 1.165) is 54.7 Å². The van der Waals surface area contributed by atoms with Crippen LogP contribution in [-0.4, -0.2) is 34.3 Å². The summed E-state index contributed by atoms with van der Waals surface area (Å²) in [6, 6.07) is 26.9. The molecule has 1 saturated carbocycles. The predicted molar refractivity (Wildman–Crippen MR) is 159 cm³/mol. The topological polar surface area (TPSA) is 77.7 Å². The third kappa shape index (κ3) is 6.35. The zero-order valence-corrected chi connectivity index (χ0v) is 23.2. The lowest BCUT2D eigenvalue weighted by atomic mass is 9.64. The summed E-state index contributed by atoms with van der Waals surface area (Å²) in [6.45, 7) is 1.21. The Morgan fingerprint density at radius 1 is 1.00 bits per heavy atom. The number of amides is 1. The molecular weight excluding hydrogens is 512 g/mol. The van der Waals surface area contributed by atoms with Gasteiger partial charge < -0.3 is 19.5 Å². The monoisotopic (exact) mass is 548 g/mol. The van der Waals surface area contributed by atoms with Crippen molar-refractivity contribution in [2.75, 3.05) is 13.2 Å². The minimum atomic E-state index is -0.150. The Kier molecular flexibility index (Phi) is 8.12. The lowest BCUT2D eigenvalue weighted by molar-refractivity contribution is -0.126. The first kappa shape index (κ1) is 26.8. The van der Waals surface area contributed by atoms with E-state index < -0.39 is 0 Å². The van der Waals surface area contributed by atoms with Gasteiger partial charge in [-0.3, -0.25) is 4.79 Å². The fraction of sp³-hybridized carbons (Fsp3) is 0.324. The number of hydrogen-bond acceptors (Lipinski definition) is 5. The number of fused-ring (bicyclic) bond motifs is 1. The van der Waals surface area contributed by atoms with Gasteiger partial charge in [-0.25, -0.2) is 4.98 Å². The van der Waals surface area contributed by atoms with Crippen LogP contribution < -0.4 is 10.1 Å². The summed E-state index contributed by atoms with van der Waals surface area (Å²) in [5.74, 6) is 0.684. The number of nitrogens with one attached hydrogen (secondary N) is 1. The minimum Gasteiger partial charge on any atom is -0.484 e. The molecule has 1 heterocycles. The number of benzene rings is 3. The van der Waals surface area contributed by atoms with Crippen LogP contribution in [0.3, 0.4) is 0 Å². The summed E-state index contributed by atoms with van der Waals surface area (Å²) in [7, 11) is 0. The number of carbonyl (C=O) groups excluding carboxylic acids is 1. The second-order valence-electron chi connectivity index (χ2n) is 11.0. The highest BCUT2D eigenvalue weighted by Crippen LogP contribution is 2.43. The van der Waals surface area contributed by atoms with E-state index in [-0.39, 0.29) is 24.0 Å². The van der Waals surface area contributed by atoms with Crippen molar-refractivity contribution in [2.45, 2.75) is 56.6 Å². The largest absolute Gasteiger partial charge is 0.484 e. The molecule has 7 heteroatoms. The van der Waals surface area contributed by atoms with Crippen LogP contribution in [0.1, 0.15) is 60.5 Å².